The molecule has 4 rings (SSSR count). The van der Waals surface area contributed by atoms with Crippen molar-refractivity contribution in [1.82, 2.24) is 0 Å². The lowest BCUT2D eigenvalue weighted by Gasteiger charge is -2.30. The smallest absolute Gasteiger partial charge is 0.159 e. The summed E-state index contributed by atoms with van der Waals surface area (Å²) in [6.07, 6.45) is 0.716. The third-order valence-corrected chi connectivity index (χ3v) is 4.96. The molecule has 1 aliphatic heterocycles. The second kappa shape index (κ2) is 7.58. The van der Waals surface area contributed by atoms with E-state index in [0.29, 0.717) is 11.1 Å². The molecule has 0 saturated carbocycles. The Hall–Kier alpha value is -3.35. The molecular formula is C22H17F4N3. The van der Waals surface area contributed by atoms with Crippen molar-refractivity contribution in [3.05, 3.63) is 95.1 Å². The van der Waals surface area contributed by atoms with E-state index >= 15 is 0 Å². The van der Waals surface area contributed by atoms with Crippen molar-refractivity contribution in [3.8, 4) is 0 Å². The predicted molar refractivity (Wildman–Crippen MR) is 104 cm³/mol. The van der Waals surface area contributed by atoms with Crippen LogP contribution in [0.1, 0.15) is 11.1 Å². The van der Waals surface area contributed by atoms with E-state index in [1.165, 1.54) is 18.3 Å². The molecule has 0 atom stereocenters. The Morgan fingerprint density at radius 2 is 1.14 bits per heavy atom. The lowest BCUT2D eigenvalue weighted by Crippen LogP contribution is -2.43. The summed E-state index contributed by atoms with van der Waals surface area (Å²) < 4.78 is 53.8. The quantitative estimate of drug-likeness (QED) is 0.470. The average Bonchev–Trinajstić information content (AvgIpc) is 3.00. The molecule has 3 nitrogen and oxygen atoms in total. The van der Waals surface area contributed by atoms with E-state index in [1.54, 1.807) is 0 Å². The summed E-state index contributed by atoms with van der Waals surface area (Å²) in [5, 5.41) is 7.94. The average molecular weight is 399 g/mol. The third kappa shape index (κ3) is 3.55. The molecule has 7 heteroatoms. The summed E-state index contributed by atoms with van der Waals surface area (Å²) in [5.74, 6) is -3.70. The number of fused-ring (bicyclic) bond motifs is 1. The number of nitrogens with zero attached hydrogens (tertiary/aromatic N) is 2. The van der Waals surface area contributed by atoms with Crippen molar-refractivity contribution < 1.29 is 17.6 Å². The van der Waals surface area contributed by atoms with Crippen molar-refractivity contribution >= 4 is 17.6 Å². The molecule has 29 heavy (non-hydrogen) atoms. The molecular weight excluding hydrogens is 382 g/mol. The minimum absolute atomic E-state index is 0.253. The Balaban J connectivity index is 1.68. The van der Waals surface area contributed by atoms with Crippen LogP contribution >= 0.6 is 0 Å². The number of nitrogens with one attached hydrogen (secondary N) is 1. The van der Waals surface area contributed by atoms with Gasteiger partial charge >= 0.3 is 0 Å². The summed E-state index contributed by atoms with van der Waals surface area (Å²) in [6, 6.07) is 14.9. The SMILES string of the molecule is N=CC1N(Cc2ccc(F)c(F)c2)c2ccccc2N1Cc1ccc(F)c(F)c1. The molecule has 3 aromatic rings. The normalized spacial score (nSPS) is 13.7. The zero-order valence-corrected chi connectivity index (χ0v) is 15.2. The number of benzene rings is 3. The molecule has 0 fully saturated rings. The van der Waals surface area contributed by atoms with Gasteiger partial charge in [0.25, 0.3) is 0 Å². The highest BCUT2D eigenvalue weighted by molar-refractivity contribution is 5.86. The van der Waals surface area contributed by atoms with Gasteiger partial charge in [0.05, 0.1) is 11.4 Å². The van der Waals surface area contributed by atoms with Crippen molar-refractivity contribution in [2.24, 2.45) is 0 Å². The molecule has 1 N–H and O–H groups in total. The first-order valence-electron chi connectivity index (χ1n) is 8.98. The Morgan fingerprint density at radius 1 is 0.690 bits per heavy atom. The number of halogens is 4. The zero-order chi connectivity index (χ0) is 20.5. The van der Waals surface area contributed by atoms with Crippen molar-refractivity contribution in [2.75, 3.05) is 9.80 Å². The van der Waals surface area contributed by atoms with Gasteiger partial charge < -0.3 is 15.2 Å². The maximum atomic E-state index is 13.6. The summed E-state index contributed by atoms with van der Waals surface area (Å²) in [4.78, 5) is 3.77. The molecule has 1 aliphatic rings. The van der Waals surface area contributed by atoms with Crippen LogP contribution in [0.25, 0.3) is 0 Å². The highest BCUT2D eigenvalue weighted by Gasteiger charge is 2.34. The van der Waals surface area contributed by atoms with Gasteiger partial charge in [-0.15, -0.1) is 0 Å². The molecule has 0 aromatic heterocycles. The van der Waals surface area contributed by atoms with Gasteiger partial charge in [-0.3, -0.25) is 0 Å². The van der Waals surface area contributed by atoms with E-state index < -0.39 is 29.4 Å². The van der Waals surface area contributed by atoms with Gasteiger partial charge in [0.15, 0.2) is 23.3 Å². The van der Waals surface area contributed by atoms with Gasteiger partial charge in [0.2, 0.25) is 0 Å². The van der Waals surface area contributed by atoms with Gasteiger partial charge in [0, 0.05) is 19.3 Å². The molecule has 3 aromatic carbocycles. The van der Waals surface area contributed by atoms with E-state index in [4.69, 9.17) is 5.41 Å². The van der Waals surface area contributed by atoms with E-state index in [1.807, 2.05) is 34.1 Å². The number of anilines is 2. The van der Waals surface area contributed by atoms with E-state index in [-0.39, 0.29) is 13.1 Å². The first kappa shape index (κ1) is 19.0. The Labute approximate surface area is 165 Å². The van der Waals surface area contributed by atoms with Crippen LogP contribution in [0.15, 0.2) is 60.7 Å². The van der Waals surface area contributed by atoms with Crippen molar-refractivity contribution in [1.29, 1.82) is 5.41 Å². The molecule has 0 bridgehead atoms. The molecule has 0 unspecified atom stereocenters. The molecule has 148 valence electrons. The van der Waals surface area contributed by atoms with Crippen LogP contribution in [0.2, 0.25) is 0 Å². The molecule has 0 saturated heterocycles. The molecule has 1 heterocycles. The number of hydrogen-bond acceptors (Lipinski definition) is 3. The van der Waals surface area contributed by atoms with E-state index in [9.17, 15) is 17.6 Å². The second-order valence-electron chi connectivity index (χ2n) is 6.82. The molecule has 0 radical (unpaired) electrons. The highest BCUT2D eigenvalue weighted by atomic mass is 19.2. The number of rotatable bonds is 5. The van der Waals surface area contributed by atoms with Crippen LogP contribution in [-0.4, -0.2) is 12.4 Å². The fraction of sp³-hybridized carbons (Fsp3) is 0.136. The summed E-state index contributed by atoms with van der Waals surface area (Å²) in [6.45, 7) is 0.505. The third-order valence-electron chi connectivity index (χ3n) is 4.96. The topological polar surface area (TPSA) is 30.3 Å². The van der Waals surface area contributed by atoms with Crippen LogP contribution in [0, 0.1) is 28.7 Å². The lowest BCUT2D eigenvalue weighted by molar-refractivity contribution is 0.506. The first-order valence-corrected chi connectivity index (χ1v) is 8.98. The zero-order valence-electron chi connectivity index (χ0n) is 15.2. The van der Waals surface area contributed by atoms with Gasteiger partial charge in [0.1, 0.15) is 6.17 Å². The van der Waals surface area contributed by atoms with Gasteiger partial charge in [-0.2, -0.15) is 0 Å². The minimum atomic E-state index is -0.931. The maximum absolute atomic E-state index is 13.6. The van der Waals surface area contributed by atoms with Crippen LogP contribution in [0.4, 0.5) is 28.9 Å². The summed E-state index contributed by atoms with van der Waals surface area (Å²) in [5.41, 5.74) is 2.74. The maximum Gasteiger partial charge on any atom is 0.159 e. The van der Waals surface area contributed by atoms with Crippen LogP contribution in [0.3, 0.4) is 0 Å². The van der Waals surface area contributed by atoms with Crippen LogP contribution in [0.5, 0.6) is 0 Å². The predicted octanol–water partition coefficient (Wildman–Crippen LogP) is 5.25. The van der Waals surface area contributed by atoms with Gasteiger partial charge in [-0.05, 0) is 47.5 Å². The van der Waals surface area contributed by atoms with E-state index in [0.717, 1.165) is 35.6 Å². The summed E-state index contributed by atoms with van der Waals surface area (Å²) in [7, 11) is 0. The summed E-state index contributed by atoms with van der Waals surface area (Å²) >= 11 is 0. The lowest BCUT2D eigenvalue weighted by atomic mass is 10.2. The fourth-order valence-corrected chi connectivity index (χ4v) is 3.61. The van der Waals surface area contributed by atoms with Crippen LogP contribution in [-0.2, 0) is 13.1 Å². The molecule has 0 amide bonds. The van der Waals surface area contributed by atoms with Gasteiger partial charge in [-0.1, -0.05) is 24.3 Å². The standard InChI is InChI=1S/C22H17F4N3/c23-16-7-5-14(9-18(16)25)12-28-20-3-1-2-4-21(20)29(22(28)11-27)13-15-6-8-17(24)19(26)10-15/h1-11,22,27H,12-13H2. The minimum Gasteiger partial charge on any atom is -0.341 e. The van der Waals surface area contributed by atoms with Crippen LogP contribution < -0.4 is 9.80 Å². The number of hydrogen-bond donors (Lipinski definition) is 1. The Bertz CT molecular complexity index is 989. The Morgan fingerprint density at radius 3 is 1.52 bits per heavy atom. The monoisotopic (exact) mass is 399 g/mol. The highest BCUT2D eigenvalue weighted by Crippen LogP contribution is 2.40. The number of para-hydroxylation sites is 2. The fourth-order valence-electron chi connectivity index (χ4n) is 3.61. The first-order chi connectivity index (χ1) is 14.0. The van der Waals surface area contributed by atoms with Gasteiger partial charge in [-0.25, -0.2) is 17.6 Å². The Kier molecular flexibility index (Phi) is 4.96. The molecule has 0 aliphatic carbocycles. The second-order valence-corrected chi connectivity index (χ2v) is 6.82. The van der Waals surface area contributed by atoms with Crippen molar-refractivity contribution in [3.63, 3.8) is 0 Å². The van der Waals surface area contributed by atoms with E-state index in [2.05, 4.69) is 0 Å². The van der Waals surface area contributed by atoms with Crippen molar-refractivity contribution in [2.45, 2.75) is 19.3 Å². The molecule has 0 spiro atoms. The largest absolute Gasteiger partial charge is 0.341 e.